The van der Waals surface area contributed by atoms with Gasteiger partial charge in [0.2, 0.25) is 0 Å². The number of fused-ring (bicyclic) bond motifs is 1. The molecule has 0 heterocycles. The zero-order valence-electron chi connectivity index (χ0n) is 16.2. The first-order valence-electron chi connectivity index (χ1n) is 10.1. The Kier molecular flexibility index (Phi) is 5.09. The minimum atomic E-state index is -0.557. The van der Waals surface area contributed by atoms with E-state index in [-0.39, 0.29) is 36.3 Å². The Morgan fingerprint density at radius 2 is 1.61 bits per heavy atom. The fraction of sp³-hybridized carbons (Fsp3) is 0.522. The smallest absolute Gasteiger partial charge is 0.310 e. The van der Waals surface area contributed by atoms with Gasteiger partial charge in [-0.2, -0.15) is 0 Å². The van der Waals surface area contributed by atoms with E-state index in [0.717, 1.165) is 12.8 Å². The second-order valence-corrected chi connectivity index (χ2v) is 8.21. The van der Waals surface area contributed by atoms with Crippen molar-refractivity contribution >= 4 is 17.7 Å². The van der Waals surface area contributed by atoms with Gasteiger partial charge >= 0.3 is 11.9 Å². The van der Waals surface area contributed by atoms with Crippen LogP contribution in [-0.4, -0.2) is 30.4 Å². The van der Waals surface area contributed by atoms with Crippen molar-refractivity contribution in [3.05, 3.63) is 48.0 Å². The molecule has 0 spiro atoms. The molecule has 5 rings (SSSR count). The lowest BCUT2D eigenvalue weighted by molar-refractivity contribution is -0.170. The molecule has 0 radical (unpaired) electrons. The highest BCUT2D eigenvalue weighted by Gasteiger charge is 2.63. The number of hydrogen-bond acceptors (Lipinski definition) is 5. The third kappa shape index (κ3) is 3.38. The molecule has 2 fully saturated rings. The summed E-state index contributed by atoms with van der Waals surface area (Å²) in [4.78, 5) is 38.1. The van der Waals surface area contributed by atoms with E-state index in [9.17, 15) is 14.4 Å². The second-order valence-electron chi connectivity index (χ2n) is 8.21. The third-order valence-electron chi connectivity index (χ3n) is 6.53. The normalized spacial score (nSPS) is 32.9. The summed E-state index contributed by atoms with van der Waals surface area (Å²) >= 11 is 0. The highest BCUT2D eigenvalue weighted by Crippen LogP contribution is 2.63. The van der Waals surface area contributed by atoms with Crippen molar-refractivity contribution in [2.75, 3.05) is 6.61 Å². The second kappa shape index (κ2) is 7.53. The summed E-state index contributed by atoms with van der Waals surface area (Å²) in [6.07, 6.45) is 5.75. The number of Topliss-reactive ketones (excluding diaryl/α,β-unsaturated/α-hetero) is 1. The van der Waals surface area contributed by atoms with Gasteiger partial charge in [-0.3, -0.25) is 14.4 Å². The summed E-state index contributed by atoms with van der Waals surface area (Å²) in [5.74, 6) is -1.11. The molecule has 0 aliphatic heterocycles. The average Bonchev–Trinajstić information content (AvgIpc) is 3.54. The molecule has 4 aliphatic carbocycles. The SMILES string of the molecule is CCC(C)OC(=O)C1C2C=CC(C3CC23)C1C(=O)OCC(=O)c1ccccc1. The van der Waals surface area contributed by atoms with Gasteiger partial charge in [0.15, 0.2) is 12.4 Å². The molecule has 0 saturated heterocycles. The van der Waals surface area contributed by atoms with Crippen molar-refractivity contribution in [3.8, 4) is 0 Å². The average molecular weight is 382 g/mol. The summed E-state index contributed by atoms with van der Waals surface area (Å²) in [7, 11) is 0. The van der Waals surface area contributed by atoms with Gasteiger partial charge in [-0.05, 0) is 43.4 Å². The molecule has 7 atom stereocenters. The van der Waals surface area contributed by atoms with Gasteiger partial charge in [0, 0.05) is 5.56 Å². The Hall–Kier alpha value is -2.43. The van der Waals surface area contributed by atoms with E-state index in [1.165, 1.54) is 0 Å². The predicted molar refractivity (Wildman–Crippen MR) is 102 cm³/mol. The summed E-state index contributed by atoms with van der Waals surface area (Å²) in [5.41, 5.74) is 0.510. The number of benzene rings is 1. The molecule has 7 unspecified atom stereocenters. The minimum Gasteiger partial charge on any atom is -0.462 e. The van der Waals surface area contributed by atoms with Crippen LogP contribution < -0.4 is 0 Å². The summed E-state index contributed by atoms with van der Waals surface area (Å²) in [6.45, 7) is 3.52. The van der Waals surface area contributed by atoms with E-state index in [1.807, 2.05) is 19.9 Å². The number of rotatable bonds is 7. The van der Waals surface area contributed by atoms with Crippen LogP contribution in [0.1, 0.15) is 37.0 Å². The van der Waals surface area contributed by atoms with Crippen molar-refractivity contribution in [1.29, 1.82) is 0 Å². The lowest BCUT2D eigenvalue weighted by Crippen LogP contribution is -2.48. The van der Waals surface area contributed by atoms with E-state index >= 15 is 0 Å². The van der Waals surface area contributed by atoms with Gasteiger partial charge in [0.1, 0.15) is 0 Å². The fourth-order valence-corrected chi connectivity index (χ4v) is 4.82. The van der Waals surface area contributed by atoms with E-state index in [4.69, 9.17) is 9.47 Å². The van der Waals surface area contributed by atoms with Crippen LogP contribution in [0, 0.1) is 35.5 Å². The Morgan fingerprint density at radius 1 is 1.00 bits per heavy atom. The van der Waals surface area contributed by atoms with E-state index in [1.54, 1.807) is 24.3 Å². The highest BCUT2D eigenvalue weighted by atomic mass is 16.5. The summed E-state index contributed by atoms with van der Waals surface area (Å²) in [6, 6.07) is 8.76. The van der Waals surface area contributed by atoms with Crippen LogP contribution in [0.15, 0.2) is 42.5 Å². The predicted octanol–water partition coefficient (Wildman–Crippen LogP) is 3.44. The topological polar surface area (TPSA) is 69.7 Å². The molecule has 5 nitrogen and oxygen atoms in total. The fourth-order valence-electron chi connectivity index (χ4n) is 4.82. The lowest BCUT2D eigenvalue weighted by atomic mass is 9.62. The van der Waals surface area contributed by atoms with Crippen LogP contribution in [-0.2, 0) is 19.1 Å². The first kappa shape index (κ1) is 18.9. The molecule has 148 valence electrons. The minimum absolute atomic E-state index is 0.00353. The van der Waals surface area contributed by atoms with Gasteiger partial charge in [-0.15, -0.1) is 0 Å². The summed E-state index contributed by atoms with van der Waals surface area (Å²) < 4.78 is 11.0. The number of carbonyl (C=O) groups excluding carboxylic acids is 3. The molecule has 1 aromatic carbocycles. The molecule has 0 aromatic heterocycles. The highest BCUT2D eigenvalue weighted by molar-refractivity contribution is 5.98. The van der Waals surface area contributed by atoms with Crippen LogP contribution in [0.2, 0.25) is 0 Å². The number of hydrogen-bond donors (Lipinski definition) is 0. The largest absolute Gasteiger partial charge is 0.462 e. The maximum Gasteiger partial charge on any atom is 0.310 e. The van der Waals surface area contributed by atoms with Gasteiger partial charge < -0.3 is 9.47 Å². The lowest BCUT2D eigenvalue weighted by Gasteiger charge is -2.42. The van der Waals surface area contributed by atoms with Gasteiger partial charge in [0.25, 0.3) is 0 Å². The maximum absolute atomic E-state index is 12.9. The van der Waals surface area contributed by atoms with Crippen LogP contribution in [0.25, 0.3) is 0 Å². The zero-order valence-corrected chi connectivity index (χ0v) is 16.2. The molecule has 28 heavy (non-hydrogen) atoms. The standard InChI is InChI=1S/C23H26O5/c1-3-13(2)28-23(26)21-16-10-9-15(17-11-18(16)17)20(21)22(25)27-12-19(24)14-7-5-4-6-8-14/h4-10,13,15-18,20-21H,3,11-12H2,1-2H3. The van der Waals surface area contributed by atoms with E-state index in [2.05, 4.69) is 12.2 Å². The Balaban J connectivity index is 1.47. The maximum atomic E-state index is 12.9. The number of esters is 2. The molecule has 2 bridgehead atoms. The molecular formula is C23H26O5. The van der Waals surface area contributed by atoms with Gasteiger partial charge in [-0.25, -0.2) is 0 Å². The molecule has 4 aliphatic rings. The van der Waals surface area contributed by atoms with Crippen molar-refractivity contribution in [3.63, 3.8) is 0 Å². The monoisotopic (exact) mass is 382 g/mol. The quantitative estimate of drug-likeness (QED) is 0.410. The Bertz CT molecular complexity index is 798. The first-order valence-corrected chi connectivity index (χ1v) is 10.1. The zero-order chi connectivity index (χ0) is 19.8. The van der Waals surface area contributed by atoms with Crippen molar-refractivity contribution in [2.45, 2.75) is 32.8 Å². The van der Waals surface area contributed by atoms with E-state index < -0.39 is 17.8 Å². The van der Waals surface area contributed by atoms with Crippen molar-refractivity contribution < 1.29 is 23.9 Å². The third-order valence-corrected chi connectivity index (χ3v) is 6.53. The number of allylic oxidation sites excluding steroid dienone is 2. The van der Waals surface area contributed by atoms with Crippen molar-refractivity contribution in [1.82, 2.24) is 0 Å². The molecule has 5 heteroatoms. The van der Waals surface area contributed by atoms with Crippen LogP contribution in [0.5, 0.6) is 0 Å². The molecule has 0 amide bonds. The first-order chi connectivity index (χ1) is 13.5. The van der Waals surface area contributed by atoms with Crippen LogP contribution in [0.4, 0.5) is 0 Å². The molecule has 1 aromatic rings. The Morgan fingerprint density at radius 3 is 2.21 bits per heavy atom. The van der Waals surface area contributed by atoms with Crippen molar-refractivity contribution in [2.24, 2.45) is 35.5 Å². The van der Waals surface area contributed by atoms with Gasteiger partial charge in [0.05, 0.1) is 17.9 Å². The summed E-state index contributed by atoms with van der Waals surface area (Å²) in [5, 5.41) is 0. The Labute approximate surface area is 165 Å². The van der Waals surface area contributed by atoms with Crippen LogP contribution in [0.3, 0.4) is 0 Å². The van der Waals surface area contributed by atoms with Gasteiger partial charge in [-0.1, -0.05) is 49.4 Å². The van der Waals surface area contributed by atoms with Crippen LogP contribution >= 0.6 is 0 Å². The number of ether oxygens (including phenoxy) is 2. The molecular weight excluding hydrogens is 356 g/mol. The number of carbonyl (C=O) groups is 3. The molecule has 0 N–H and O–H groups in total. The van der Waals surface area contributed by atoms with E-state index in [0.29, 0.717) is 17.4 Å². The number of ketones is 1. The molecule has 2 saturated carbocycles.